The lowest BCUT2D eigenvalue weighted by molar-refractivity contribution is 0.0585. The van der Waals surface area contributed by atoms with Gasteiger partial charge in [-0.2, -0.15) is 0 Å². The molecule has 23 heavy (non-hydrogen) atoms. The monoisotopic (exact) mass is 347 g/mol. The highest BCUT2D eigenvalue weighted by Gasteiger charge is 2.34. The van der Waals surface area contributed by atoms with Crippen molar-refractivity contribution in [3.63, 3.8) is 0 Å². The van der Waals surface area contributed by atoms with Crippen molar-refractivity contribution in [1.29, 1.82) is 0 Å². The first-order valence-corrected chi connectivity index (χ1v) is 9.73. The molecule has 0 bridgehead atoms. The van der Waals surface area contributed by atoms with Crippen LogP contribution in [0.4, 0.5) is 0 Å². The summed E-state index contributed by atoms with van der Waals surface area (Å²) in [6.45, 7) is 14.0. The van der Waals surface area contributed by atoms with E-state index in [-0.39, 0.29) is 6.04 Å². The Morgan fingerprint density at radius 1 is 1.13 bits per heavy atom. The van der Waals surface area contributed by atoms with Gasteiger partial charge in [0.05, 0.1) is 19.8 Å². The van der Waals surface area contributed by atoms with Crippen LogP contribution in [0.5, 0.6) is 0 Å². The van der Waals surface area contributed by atoms with E-state index in [0.29, 0.717) is 32.4 Å². The maximum atomic E-state index is 5.61. The largest absolute Gasteiger partial charge is 0.528 e. The normalized spacial score (nSPS) is 12.8. The molecule has 0 aliphatic heterocycles. The van der Waals surface area contributed by atoms with Crippen LogP contribution in [0.25, 0.3) is 0 Å². The molecule has 0 aliphatic rings. The molecule has 0 aromatic heterocycles. The van der Waals surface area contributed by atoms with Crippen LogP contribution in [-0.4, -0.2) is 67.4 Å². The third kappa shape index (κ3) is 10.5. The van der Waals surface area contributed by atoms with Crippen LogP contribution in [0.15, 0.2) is 17.3 Å². The molecular weight excluding hydrogens is 314 g/mol. The number of nitrogens with one attached hydrogen (secondary N) is 2. The Morgan fingerprint density at radius 2 is 1.78 bits per heavy atom. The summed E-state index contributed by atoms with van der Waals surface area (Å²) in [7, 11) is 0.409. The SMILES string of the molecule is C=C[Si](OC)(OC)OCCOCCN/C(=N\C(C)C)NC(C)C. The van der Waals surface area contributed by atoms with Gasteiger partial charge >= 0.3 is 8.80 Å². The molecule has 0 radical (unpaired) electrons. The van der Waals surface area contributed by atoms with Gasteiger partial charge in [0.25, 0.3) is 0 Å². The molecule has 7 nitrogen and oxygen atoms in total. The number of rotatable bonds is 12. The summed E-state index contributed by atoms with van der Waals surface area (Å²) in [6, 6.07) is 0.563. The minimum atomic E-state index is -2.70. The molecule has 136 valence electrons. The first kappa shape index (κ1) is 22.1. The molecule has 0 atom stereocenters. The zero-order valence-corrected chi connectivity index (χ0v) is 16.3. The van der Waals surface area contributed by atoms with Gasteiger partial charge in [-0.3, -0.25) is 4.99 Å². The van der Waals surface area contributed by atoms with Gasteiger partial charge in [0.15, 0.2) is 5.96 Å². The van der Waals surface area contributed by atoms with Crippen molar-refractivity contribution in [2.24, 2.45) is 4.99 Å². The van der Waals surface area contributed by atoms with E-state index < -0.39 is 8.80 Å². The van der Waals surface area contributed by atoms with Crippen molar-refractivity contribution in [3.8, 4) is 0 Å². The topological polar surface area (TPSA) is 73.3 Å². The molecule has 2 N–H and O–H groups in total. The summed E-state index contributed by atoms with van der Waals surface area (Å²) in [6.07, 6.45) is 0. The van der Waals surface area contributed by atoms with Gasteiger partial charge in [-0.05, 0) is 33.4 Å². The Hall–Kier alpha value is -0.933. The van der Waals surface area contributed by atoms with Crippen molar-refractivity contribution in [2.45, 2.75) is 39.8 Å². The third-order valence-electron chi connectivity index (χ3n) is 2.70. The van der Waals surface area contributed by atoms with Crippen LogP contribution in [0.3, 0.4) is 0 Å². The number of nitrogens with zero attached hydrogens (tertiary/aromatic N) is 1. The Labute approximate surface area is 141 Å². The molecule has 0 heterocycles. The van der Waals surface area contributed by atoms with Crippen LogP contribution in [0.1, 0.15) is 27.7 Å². The Morgan fingerprint density at radius 3 is 2.26 bits per heavy atom. The van der Waals surface area contributed by atoms with Gasteiger partial charge in [0, 0.05) is 32.8 Å². The van der Waals surface area contributed by atoms with Crippen LogP contribution in [-0.2, 0) is 18.0 Å². The van der Waals surface area contributed by atoms with Crippen LogP contribution in [0.2, 0.25) is 0 Å². The van der Waals surface area contributed by atoms with Gasteiger partial charge in [-0.1, -0.05) is 6.58 Å². The average Bonchev–Trinajstić information content (AvgIpc) is 2.49. The number of hydrogen-bond donors (Lipinski definition) is 2. The molecule has 0 unspecified atom stereocenters. The standard InChI is InChI=1S/C15H33N3O4Si/c1-8-23(19-6,20-7)22-12-11-21-10-9-16-15(17-13(2)3)18-14(4)5/h8,13-14H,1,9-12H2,2-7H3,(H2,16,17,18). The predicted molar refractivity (Wildman–Crippen MR) is 95.6 cm³/mol. The molecule has 0 saturated heterocycles. The van der Waals surface area contributed by atoms with Gasteiger partial charge in [-0.25, -0.2) is 0 Å². The second kappa shape index (κ2) is 12.5. The van der Waals surface area contributed by atoms with E-state index in [1.165, 1.54) is 0 Å². The van der Waals surface area contributed by atoms with Crippen molar-refractivity contribution >= 4 is 14.8 Å². The van der Waals surface area contributed by atoms with Gasteiger partial charge < -0.3 is 28.6 Å². The van der Waals surface area contributed by atoms with Crippen LogP contribution < -0.4 is 10.6 Å². The summed E-state index contributed by atoms with van der Waals surface area (Å²) >= 11 is 0. The van der Waals surface area contributed by atoms with Crippen LogP contribution in [0, 0.1) is 0 Å². The number of ether oxygens (including phenoxy) is 1. The molecule has 0 aliphatic carbocycles. The molecule has 0 spiro atoms. The molecule has 0 fully saturated rings. The molecule has 8 heteroatoms. The maximum Gasteiger partial charge on any atom is 0.528 e. The summed E-state index contributed by atoms with van der Waals surface area (Å²) in [4.78, 5) is 4.49. The first-order valence-electron chi connectivity index (χ1n) is 7.93. The number of hydrogen-bond acceptors (Lipinski definition) is 5. The summed E-state index contributed by atoms with van der Waals surface area (Å²) in [5.74, 6) is 0.798. The highest BCUT2D eigenvalue weighted by molar-refractivity contribution is 6.66. The number of aliphatic imine (C=N–C) groups is 1. The van der Waals surface area contributed by atoms with E-state index in [9.17, 15) is 0 Å². The minimum absolute atomic E-state index is 0.234. The fourth-order valence-electron chi connectivity index (χ4n) is 1.68. The zero-order valence-electron chi connectivity index (χ0n) is 15.3. The molecule has 0 aromatic carbocycles. The molecule has 0 amide bonds. The minimum Gasteiger partial charge on any atom is -0.377 e. The van der Waals surface area contributed by atoms with Gasteiger partial charge in [0.2, 0.25) is 0 Å². The second-order valence-electron chi connectivity index (χ2n) is 5.47. The smallest absolute Gasteiger partial charge is 0.377 e. The van der Waals surface area contributed by atoms with Gasteiger partial charge in [-0.15, -0.1) is 0 Å². The van der Waals surface area contributed by atoms with E-state index >= 15 is 0 Å². The van der Waals surface area contributed by atoms with Crippen molar-refractivity contribution < 1.29 is 18.0 Å². The molecule has 0 aromatic rings. The third-order valence-corrected chi connectivity index (χ3v) is 4.95. The van der Waals surface area contributed by atoms with E-state index in [2.05, 4.69) is 36.1 Å². The Kier molecular flexibility index (Phi) is 12.0. The summed E-state index contributed by atoms with van der Waals surface area (Å²) < 4.78 is 21.6. The van der Waals surface area contributed by atoms with E-state index in [0.717, 1.165) is 5.96 Å². The lowest BCUT2D eigenvalue weighted by Crippen LogP contribution is -2.43. The fraction of sp³-hybridized carbons (Fsp3) is 0.800. The summed E-state index contributed by atoms with van der Waals surface area (Å²) in [5.41, 5.74) is 1.60. The highest BCUT2D eigenvalue weighted by Crippen LogP contribution is 2.07. The Bertz CT molecular complexity index is 348. The number of guanidine groups is 1. The predicted octanol–water partition coefficient (Wildman–Crippen LogP) is 1.33. The van der Waals surface area contributed by atoms with Gasteiger partial charge in [0.1, 0.15) is 0 Å². The summed E-state index contributed by atoms with van der Waals surface area (Å²) in [5, 5.41) is 6.52. The van der Waals surface area contributed by atoms with E-state index in [1.807, 2.05) is 13.8 Å². The first-order chi connectivity index (χ1) is 10.9. The second-order valence-corrected chi connectivity index (χ2v) is 8.19. The average molecular weight is 348 g/mol. The van der Waals surface area contributed by atoms with E-state index in [4.69, 9.17) is 18.0 Å². The highest BCUT2D eigenvalue weighted by atomic mass is 28.4. The maximum absolute atomic E-state index is 5.61. The lowest BCUT2D eigenvalue weighted by Gasteiger charge is -2.22. The lowest BCUT2D eigenvalue weighted by atomic mass is 10.4. The molecular formula is C15H33N3O4Si. The van der Waals surface area contributed by atoms with Crippen molar-refractivity contribution in [2.75, 3.05) is 40.6 Å². The van der Waals surface area contributed by atoms with Crippen molar-refractivity contribution in [1.82, 2.24) is 10.6 Å². The van der Waals surface area contributed by atoms with Crippen LogP contribution >= 0.6 is 0 Å². The fourth-order valence-corrected chi connectivity index (χ4v) is 2.90. The molecule has 0 rings (SSSR count). The Balaban J connectivity index is 3.92. The van der Waals surface area contributed by atoms with Crippen molar-refractivity contribution in [3.05, 3.63) is 12.3 Å². The quantitative estimate of drug-likeness (QED) is 0.240. The molecule has 0 saturated carbocycles. The zero-order chi connectivity index (χ0) is 17.7. The van der Waals surface area contributed by atoms with E-state index in [1.54, 1.807) is 19.9 Å².